The third-order valence-electron chi connectivity index (χ3n) is 2.06. The van der Waals surface area contributed by atoms with Gasteiger partial charge < -0.3 is 15.4 Å². The van der Waals surface area contributed by atoms with Crippen molar-refractivity contribution in [1.29, 1.82) is 0 Å². The van der Waals surface area contributed by atoms with E-state index in [2.05, 4.69) is 10.6 Å². The molecule has 0 atom stereocenters. The molecule has 0 aliphatic rings. The van der Waals surface area contributed by atoms with Crippen molar-refractivity contribution < 1.29 is 18.3 Å². The van der Waals surface area contributed by atoms with Crippen LogP contribution in [-0.4, -0.2) is 32.7 Å². The van der Waals surface area contributed by atoms with E-state index in [-0.39, 0.29) is 23.2 Å². The standard InChI is InChI=1S/C11H13ClF2N2O2/c1-18-3-2-15-10(17)6-16-11-8(12)4-7(13)5-9(11)14/h4-5,16H,2-3,6H2,1H3,(H,15,17). The molecule has 0 spiro atoms. The Morgan fingerprint density at radius 3 is 2.78 bits per heavy atom. The van der Waals surface area contributed by atoms with Crippen LogP contribution in [0.5, 0.6) is 0 Å². The molecule has 100 valence electrons. The topological polar surface area (TPSA) is 50.4 Å². The van der Waals surface area contributed by atoms with Crippen molar-refractivity contribution in [2.45, 2.75) is 0 Å². The Labute approximate surface area is 108 Å². The Kier molecular flexibility index (Phi) is 5.80. The third-order valence-corrected chi connectivity index (χ3v) is 2.36. The molecule has 0 saturated heterocycles. The number of halogens is 3. The van der Waals surface area contributed by atoms with Crippen LogP contribution in [0.2, 0.25) is 5.02 Å². The van der Waals surface area contributed by atoms with E-state index in [1.165, 1.54) is 7.11 Å². The molecule has 0 saturated carbocycles. The van der Waals surface area contributed by atoms with Gasteiger partial charge in [0.2, 0.25) is 5.91 Å². The quantitative estimate of drug-likeness (QED) is 0.780. The Balaban J connectivity index is 2.51. The van der Waals surface area contributed by atoms with Crippen molar-refractivity contribution in [2.24, 2.45) is 0 Å². The zero-order valence-electron chi connectivity index (χ0n) is 9.73. The Hall–Kier alpha value is -1.40. The number of anilines is 1. The van der Waals surface area contributed by atoms with Gasteiger partial charge in [-0.25, -0.2) is 8.78 Å². The second-order valence-electron chi connectivity index (χ2n) is 3.44. The van der Waals surface area contributed by atoms with Crippen molar-refractivity contribution in [1.82, 2.24) is 5.32 Å². The molecule has 0 aromatic heterocycles. The molecule has 0 radical (unpaired) electrons. The Morgan fingerprint density at radius 2 is 2.17 bits per heavy atom. The molecule has 7 heteroatoms. The second-order valence-corrected chi connectivity index (χ2v) is 3.85. The lowest BCUT2D eigenvalue weighted by molar-refractivity contribution is -0.119. The first-order valence-corrected chi connectivity index (χ1v) is 5.56. The summed E-state index contributed by atoms with van der Waals surface area (Å²) in [4.78, 5) is 11.3. The smallest absolute Gasteiger partial charge is 0.239 e. The number of nitrogens with one attached hydrogen (secondary N) is 2. The highest BCUT2D eigenvalue weighted by atomic mass is 35.5. The fraction of sp³-hybridized carbons (Fsp3) is 0.364. The van der Waals surface area contributed by atoms with Crippen molar-refractivity contribution in [3.63, 3.8) is 0 Å². The van der Waals surface area contributed by atoms with Crippen molar-refractivity contribution in [3.05, 3.63) is 28.8 Å². The molecule has 1 aromatic carbocycles. The van der Waals surface area contributed by atoms with E-state index in [0.717, 1.165) is 6.07 Å². The highest BCUT2D eigenvalue weighted by molar-refractivity contribution is 6.33. The monoisotopic (exact) mass is 278 g/mol. The average Bonchev–Trinajstić information content (AvgIpc) is 2.27. The van der Waals surface area contributed by atoms with E-state index in [1.807, 2.05) is 0 Å². The summed E-state index contributed by atoms with van der Waals surface area (Å²) in [6, 6.07) is 1.66. The van der Waals surface area contributed by atoms with Gasteiger partial charge in [-0.1, -0.05) is 11.6 Å². The lowest BCUT2D eigenvalue weighted by Gasteiger charge is -2.10. The van der Waals surface area contributed by atoms with E-state index >= 15 is 0 Å². The van der Waals surface area contributed by atoms with Crippen LogP contribution in [-0.2, 0) is 9.53 Å². The number of amides is 1. The first-order chi connectivity index (χ1) is 8.54. The molecule has 1 aromatic rings. The number of carbonyl (C=O) groups is 1. The van der Waals surface area contributed by atoms with Gasteiger partial charge in [-0.15, -0.1) is 0 Å². The summed E-state index contributed by atoms with van der Waals surface area (Å²) in [5, 5.41) is 4.93. The van der Waals surface area contributed by atoms with E-state index < -0.39 is 11.6 Å². The molecule has 4 nitrogen and oxygen atoms in total. The number of methoxy groups -OCH3 is 1. The van der Waals surface area contributed by atoms with Gasteiger partial charge in [0.15, 0.2) is 5.82 Å². The van der Waals surface area contributed by atoms with Gasteiger partial charge in [0.1, 0.15) is 5.82 Å². The number of rotatable bonds is 6. The fourth-order valence-corrected chi connectivity index (χ4v) is 1.50. The zero-order valence-corrected chi connectivity index (χ0v) is 10.5. The normalized spacial score (nSPS) is 10.2. The van der Waals surface area contributed by atoms with Crippen molar-refractivity contribution in [2.75, 3.05) is 32.1 Å². The largest absolute Gasteiger partial charge is 0.383 e. The number of hydrogen-bond donors (Lipinski definition) is 2. The number of ether oxygens (including phenoxy) is 1. The Morgan fingerprint density at radius 1 is 1.44 bits per heavy atom. The van der Waals surface area contributed by atoms with E-state index in [4.69, 9.17) is 16.3 Å². The maximum atomic E-state index is 13.3. The van der Waals surface area contributed by atoms with E-state index in [9.17, 15) is 13.6 Å². The number of benzene rings is 1. The molecule has 0 unspecified atom stereocenters. The van der Waals surface area contributed by atoms with Crippen LogP contribution in [0.1, 0.15) is 0 Å². The zero-order chi connectivity index (χ0) is 13.5. The van der Waals surface area contributed by atoms with Gasteiger partial charge in [0.05, 0.1) is 23.9 Å². The van der Waals surface area contributed by atoms with Gasteiger partial charge in [0.25, 0.3) is 0 Å². The van der Waals surface area contributed by atoms with Crippen LogP contribution < -0.4 is 10.6 Å². The van der Waals surface area contributed by atoms with Gasteiger partial charge in [0, 0.05) is 19.7 Å². The second kappa shape index (κ2) is 7.13. The molecule has 2 N–H and O–H groups in total. The summed E-state index contributed by atoms with van der Waals surface area (Å²) in [7, 11) is 1.51. The molecule has 0 aliphatic heterocycles. The van der Waals surface area contributed by atoms with Crippen LogP contribution in [0.15, 0.2) is 12.1 Å². The molecule has 0 aliphatic carbocycles. The number of hydrogen-bond acceptors (Lipinski definition) is 3. The van der Waals surface area contributed by atoms with Crippen LogP contribution >= 0.6 is 11.6 Å². The Bertz CT molecular complexity index is 406. The summed E-state index contributed by atoms with van der Waals surface area (Å²) >= 11 is 5.65. The summed E-state index contributed by atoms with van der Waals surface area (Å²) in [5.41, 5.74) is -0.0973. The van der Waals surface area contributed by atoms with Crippen LogP contribution in [0, 0.1) is 11.6 Å². The van der Waals surface area contributed by atoms with Crippen molar-refractivity contribution >= 4 is 23.2 Å². The highest BCUT2D eigenvalue weighted by Crippen LogP contribution is 2.25. The summed E-state index contributed by atoms with van der Waals surface area (Å²) < 4.78 is 30.8. The molecule has 1 amide bonds. The predicted octanol–water partition coefficient (Wildman–Crippen LogP) is 1.79. The molecule has 0 fully saturated rings. The van der Waals surface area contributed by atoms with Crippen LogP contribution in [0.3, 0.4) is 0 Å². The maximum Gasteiger partial charge on any atom is 0.239 e. The van der Waals surface area contributed by atoms with E-state index in [0.29, 0.717) is 19.2 Å². The summed E-state index contributed by atoms with van der Waals surface area (Å²) in [6.07, 6.45) is 0. The van der Waals surface area contributed by atoms with Gasteiger partial charge >= 0.3 is 0 Å². The predicted molar refractivity (Wildman–Crippen MR) is 64.7 cm³/mol. The maximum absolute atomic E-state index is 13.3. The molecule has 0 heterocycles. The fourth-order valence-electron chi connectivity index (χ4n) is 1.23. The summed E-state index contributed by atoms with van der Waals surface area (Å²) in [6.45, 7) is 0.583. The molecule has 0 bridgehead atoms. The minimum absolute atomic E-state index is 0.0973. The molecule has 1 rings (SSSR count). The van der Waals surface area contributed by atoms with Crippen LogP contribution in [0.4, 0.5) is 14.5 Å². The van der Waals surface area contributed by atoms with Crippen molar-refractivity contribution in [3.8, 4) is 0 Å². The minimum Gasteiger partial charge on any atom is -0.383 e. The first-order valence-electron chi connectivity index (χ1n) is 5.18. The summed E-state index contributed by atoms with van der Waals surface area (Å²) in [5.74, 6) is -1.95. The third kappa shape index (κ3) is 4.46. The average molecular weight is 279 g/mol. The lowest BCUT2D eigenvalue weighted by atomic mass is 10.3. The first kappa shape index (κ1) is 14.7. The molecule has 18 heavy (non-hydrogen) atoms. The minimum atomic E-state index is -0.843. The van der Waals surface area contributed by atoms with Gasteiger partial charge in [-0.2, -0.15) is 0 Å². The SMILES string of the molecule is COCCNC(=O)CNc1c(F)cc(F)cc1Cl. The molecular formula is C11H13ClF2N2O2. The van der Waals surface area contributed by atoms with Gasteiger partial charge in [-0.3, -0.25) is 4.79 Å². The highest BCUT2D eigenvalue weighted by Gasteiger charge is 2.10. The lowest BCUT2D eigenvalue weighted by Crippen LogP contribution is -2.32. The molecular weight excluding hydrogens is 266 g/mol. The van der Waals surface area contributed by atoms with Crippen LogP contribution in [0.25, 0.3) is 0 Å². The number of carbonyl (C=O) groups excluding carboxylic acids is 1. The van der Waals surface area contributed by atoms with Gasteiger partial charge in [-0.05, 0) is 6.07 Å². The van der Waals surface area contributed by atoms with E-state index in [1.54, 1.807) is 0 Å².